The minimum absolute atomic E-state index is 0.0189. The summed E-state index contributed by atoms with van der Waals surface area (Å²) < 4.78 is 12.9. The molecule has 27 heavy (non-hydrogen) atoms. The van der Waals surface area contributed by atoms with Gasteiger partial charge in [-0.25, -0.2) is 9.18 Å². The Hall–Kier alpha value is -2.93. The standard InChI is InChI=1S/C20H23FN4O2/c21-15-6-8-16(9-7-15)23-20(27)24-17-10-11-25(13-17)19(26)12-18(22)14-4-2-1-3-5-14/h1-9,17-18H,10-13,22H2,(H2,23,24,27). The van der Waals surface area contributed by atoms with Gasteiger partial charge in [-0.3, -0.25) is 4.79 Å². The molecule has 6 nitrogen and oxygen atoms in total. The van der Waals surface area contributed by atoms with Crippen LogP contribution in [0, 0.1) is 5.82 Å². The Kier molecular flexibility index (Phi) is 6.03. The molecule has 0 spiro atoms. The predicted octanol–water partition coefficient (Wildman–Crippen LogP) is 2.64. The van der Waals surface area contributed by atoms with Crippen molar-refractivity contribution in [2.24, 2.45) is 5.73 Å². The molecule has 1 aliphatic heterocycles. The lowest BCUT2D eigenvalue weighted by molar-refractivity contribution is -0.130. The summed E-state index contributed by atoms with van der Waals surface area (Å²) >= 11 is 0. The third kappa shape index (κ3) is 5.27. The number of carbonyl (C=O) groups is 2. The molecular weight excluding hydrogens is 347 g/mol. The number of nitrogens with one attached hydrogen (secondary N) is 2. The number of amides is 3. The highest BCUT2D eigenvalue weighted by molar-refractivity contribution is 5.89. The third-order valence-electron chi connectivity index (χ3n) is 4.60. The van der Waals surface area contributed by atoms with Gasteiger partial charge < -0.3 is 21.3 Å². The van der Waals surface area contributed by atoms with E-state index in [4.69, 9.17) is 5.73 Å². The fourth-order valence-corrected chi connectivity index (χ4v) is 3.13. The largest absolute Gasteiger partial charge is 0.341 e. The lowest BCUT2D eigenvalue weighted by atomic mass is 10.0. The molecule has 0 bridgehead atoms. The van der Waals surface area contributed by atoms with Gasteiger partial charge in [0, 0.05) is 37.3 Å². The summed E-state index contributed by atoms with van der Waals surface area (Å²) in [6, 6.07) is 14.2. The maximum Gasteiger partial charge on any atom is 0.319 e. The van der Waals surface area contributed by atoms with Crippen LogP contribution in [0.4, 0.5) is 14.9 Å². The van der Waals surface area contributed by atoms with Crippen LogP contribution >= 0.6 is 0 Å². The topological polar surface area (TPSA) is 87.5 Å². The number of urea groups is 1. The Morgan fingerprint density at radius 2 is 1.85 bits per heavy atom. The molecule has 2 atom stereocenters. The van der Waals surface area contributed by atoms with E-state index in [0.29, 0.717) is 25.2 Å². The fourth-order valence-electron chi connectivity index (χ4n) is 3.13. The number of halogens is 1. The van der Waals surface area contributed by atoms with Gasteiger partial charge in [-0.15, -0.1) is 0 Å². The first-order valence-corrected chi connectivity index (χ1v) is 8.92. The second-order valence-electron chi connectivity index (χ2n) is 6.65. The smallest absolute Gasteiger partial charge is 0.319 e. The van der Waals surface area contributed by atoms with E-state index < -0.39 is 0 Å². The van der Waals surface area contributed by atoms with Gasteiger partial charge in [-0.2, -0.15) is 0 Å². The molecule has 0 saturated carbocycles. The summed E-state index contributed by atoms with van der Waals surface area (Å²) in [7, 11) is 0. The van der Waals surface area contributed by atoms with Crippen LogP contribution < -0.4 is 16.4 Å². The van der Waals surface area contributed by atoms with E-state index in [1.165, 1.54) is 24.3 Å². The summed E-state index contributed by atoms with van der Waals surface area (Å²) in [4.78, 5) is 26.2. The molecule has 2 unspecified atom stereocenters. The van der Waals surface area contributed by atoms with E-state index >= 15 is 0 Å². The SMILES string of the molecule is NC(CC(=O)N1CCC(NC(=O)Nc2ccc(F)cc2)C1)c1ccccc1. The Morgan fingerprint density at radius 3 is 2.56 bits per heavy atom. The third-order valence-corrected chi connectivity index (χ3v) is 4.60. The van der Waals surface area contributed by atoms with Gasteiger partial charge in [0.15, 0.2) is 0 Å². The van der Waals surface area contributed by atoms with Crippen LogP contribution in [0.1, 0.15) is 24.4 Å². The van der Waals surface area contributed by atoms with Crippen molar-refractivity contribution < 1.29 is 14.0 Å². The summed E-state index contributed by atoms with van der Waals surface area (Å²) in [6.45, 7) is 1.04. The van der Waals surface area contributed by atoms with Crippen molar-refractivity contribution in [3.05, 3.63) is 66.0 Å². The van der Waals surface area contributed by atoms with E-state index in [9.17, 15) is 14.0 Å². The minimum Gasteiger partial charge on any atom is -0.341 e. The van der Waals surface area contributed by atoms with Crippen molar-refractivity contribution >= 4 is 17.6 Å². The van der Waals surface area contributed by atoms with Gasteiger partial charge in [0.2, 0.25) is 5.91 Å². The highest BCUT2D eigenvalue weighted by Gasteiger charge is 2.28. The van der Waals surface area contributed by atoms with E-state index in [-0.39, 0.29) is 36.3 Å². The van der Waals surface area contributed by atoms with Crippen LogP contribution in [0.5, 0.6) is 0 Å². The number of hydrogen-bond acceptors (Lipinski definition) is 3. The molecule has 3 rings (SSSR count). The Labute approximate surface area is 157 Å². The van der Waals surface area contributed by atoms with Crippen molar-refractivity contribution in [1.29, 1.82) is 0 Å². The maximum atomic E-state index is 12.9. The zero-order valence-electron chi connectivity index (χ0n) is 14.9. The zero-order chi connectivity index (χ0) is 19.2. The molecule has 0 aromatic heterocycles. The second-order valence-corrected chi connectivity index (χ2v) is 6.65. The fraction of sp³-hybridized carbons (Fsp3) is 0.300. The molecule has 1 saturated heterocycles. The summed E-state index contributed by atoms with van der Waals surface area (Å²) in [5.41, 5.74) is 7.56. The second kappa shape index (κ2) is 8.64. The number of benzene rings is 2. The molecule has 142 valence electrons. The first-order valence-electron chi connectivity index (χ1n) is 8.92. The van der Waals surface area contributed by atoms with E-state index in [1.807, 2.05) is 30.3 Å². The molecule has 7 heteroatoms. The molecule has 1 heterocycles. The van der Waals surface area contributed by atoms with Crippen molar-refractivity contribution in [3.63, 3.8) is 0 Å². The van der Waals surface area contributed by atoms with Crippen molar-refractivity contribution in [2.75, 3.05) is 18.4 Å². The van der Waals surface area contributed by atoms with Crippen LogP contribution in [-0.2, 0) is 4.79 Å². The number of nitrogens with zero attached hydrogens (tertiary/aromatic N) is 1. The van der Waals surface area contributed by atoms with Gasteiger partial charge in [-0.1, -0.05) is 30.3 Å². The molecule has 1 aliphatic rings. The minimum atomic E-state index is -0.373. The van der Waals surface area contributed by atoms with Crippen LogP contribution in [0.2, 0.25) is 0 Å². The number of hydrogen-bond donors (Lipinski definition) is 3. The van der Waals surface area contributed by atoms with Crippen LogP contribution in [0.3, 0.4) is 0 Å². The van der Waals surface area contributed by atoms with Crippen molar-refractivity contribution in [1.82, 2.24) is 10.2 Å². The molecule has 0 radical (unpaired) electrons. The number of nitrogens with two attached hydrogens (primary N) is 1. The monoisotopic (exact) mass is 370 g/mol. The summed E-state index contributed by atoms with van der Waals surface area (Å²) in [5, 5.41) is 5.50. The zero-order valence-corrected chi connectivity index (χ0v) is 14.9. The Balaban J connectivity index is 1.45. The van der Waals surface area contributed by atoms with Crippen LogP contribution in [0.25, 0.3) is 0 Å². The van der Waals surface area contributed by atoms with Crippen molar-refractivity contribution in [3.8, 4) is 0 Å². The molecule has 0 aliphatic carbocycles. The van der Waals surface area contributed by atoms with E-state index in [1.54, 1.807) is 4.90 Å². The Morgan fingerprint density at radius 1 is 1.15 bits per heavy atom. The van der Waals surface area contributed by atoms with E-state index in [2.05, 4.69) is 10.6 Å². The average Bonchev–Trinajstić information content (AvgIpc) is 3.13. The number of rotatable bonds is 5. The van der Waals surface area contributed by atoms with E-state index in [0.717, 1.165) is 5.56 Å². The van der Waals surface area contributed by atoms with Crippen molar-refractivity contribution in [2.45, 2.75) is 24.9 Å². The molecule has 2 aromatic carbocycles. The highest BCUT2D eigenvalue weighted by atomic mass is 19.1. The quantitative estimate of drug-likeness (QED) is 0.756. The maximum absolute atomic E-state index is 12.9. The number of likely N-dealkylation sites (tertiary alicyclic amines) is 1. The Bertz CT molecular complexity index is 782. The molecule has 2 aromatic rings. The molecule has 3 amide bonds. The first kappa shape index (κ1) is 18.8. The van der Waals surface area contributed by atoms with Crippen LogP contribution in [-0.4, -0.2) is 36.0 Å². The summed E-state index contributed by atoms with van der Waals surface area (Å²) in [5.74, 6) is -0.380. The predicted molar refractivity (Wildman–Crippen MR) is 102 cm³/mol. The lowest BCUT2D eigenvalue weighted by Crippen LogP contribution is -2.41. The molecular formula is C20H23FN4O2. The lowest BCUT2D eigenvalue weighted by Gasteiger charge is -2.20. The highest BCUT2D eigenvalue weighted by Crippen LogP contribution is 2.18. The summed E-state index contributed by atoms with van der Waals surface area (Å²) in [6.07, 6.45) is 0.918. The van der Waals surface area contributed by atoms with Gasteiger partial charge in [0.25, 0.3) is 0 Å². The molecule has 1 fully saturated rings. The average molecular weight is 370 g/mol. The van der Waals surface area contributed by atoms with Gasteiger partial charge in [-0.05, 0) is 36.2 Å². The van der Waals surface area contributed by atoms with Gasteiger partial charge in [0.05, 0.1) is 0 Å². The normalized spacial score (nSPS) is 17.4. The van der Waals surface area contributed by atoms with Gasteiger partial charge in [0.1, 0.15) is 5.82 Å². The molecule has 4 N–H and O–H groups in total. The number of carbonyl (C=O) groups excluding carboxylic acids is 2. The first-order chi connectivity index (χ1) is 13.0. The van der Waals surface area contributed by atoms with Gasteiger partial charge >= 0.3 is 6.03 Å². The van der Waals surface area contributed by atoms with Crippen LogP contribution in [0.15, 0.2) is 54.6 Å². The number of anilines is 1.